The molecule has 2 aromatic rings. The lowest BCUT2D eigenvalue weighted by Crippen LogP contribution is -2.08. The molecule has 21 heavy (non-hydrogen) atoms. The lowest BCUT2D eigenvalue weighted by molar-refractivity contribution is 0.0532. The lowest BCUT2D eigenvalue weighted by atomic mass is 10.1. The molecule has 0 atom stereocenters. The van der Waals surface area contributed by atoms with Crippen molar-refractivity contribution in [2.75, 3.05) is 6.61 Å². The zero-order valence-electron chi connectivity index (χ0n) is 10.3. The Bertz CT molecular complexity index is 687. The first-order valence-electron chi connectivity index (χ1n) is 5.45. The quantitative estimate of drug-likeness (QED) is 0.376. The average molecular weight is 322 g/mol. The third-order valence-corrected chi connectivity index (χ3v) is 3.17. The van der Waals surface area contributed by atoms with Crippen LogP contribution in [0.15, 0.2) is 0 Å². The summed E-state index contributed by atoms with van der Waals surface area (Å²) in [7, 11) is 0. The average Bonchev–Trinajstić information content (AvgIpc) is 2.93. The van der Waals surface area contributed by atoms with Crippen molar-refractivity contribution in [3.63, 3.8) is 0 Å². The van der Waals surface area contributed by atoms with Gasteiger partial charge in [-0.05, 0) is 6.92 Å². The molecule has 0 saturated heterocycles. The van der Waals surface area contributed by atoms with Gasteiger partial charge in [0, 0.05) is 0 Å². The largest absolute Gasteiger partial charge is 0.462 e. The summed E-state index contributed by atoms with van der Waals surface area (Å²) in [4.78, 5) is 14.6. The van der Waals surface area contributed by atoms with Crippen molar-refractivity contribution in [2.24, 2.45) is 0 Å². The van der Waals surface area contributed by atoms with E-state index in [4.69, 9.17) is 0 Å². The van der Waals surface area contributed by atoms with E-state index in [0.717, 1.165) is 0 Å². The maximum atomic E-state index is 13.7. The fraction of sp³-hybridized carbons (Fsp3) is 0.167. The van der Waals surface area contributed by atoms with Gasteiger partial charge in [-0.1, -0.05) is 0 Å². The predicted octanol–water partition coefficient (Wildman–Crippen LogP) is 3.48. The summed E-state index contributed by atoms with van der Waals surface area (Å²) in [5.41, 5.74) is 0.175. The highest BCUT2D eigenvalue weighted by atomic mass is 32.1. The van der Waals surface area contributed by atoms with Crippen molar-refractivity contribution in [1.82, 2.24) is 4.98 Å². The SMILES string of the molecule is CCOC(=O)c1s[c]nc1-c1c(F)c(F)c(F)c(F)c1F. The molecule has 1 aromatic carbocycles. The van der Waals surface area contributed by atoms with E-state index in [0.29, 0.717) is 11.3 Å². The van der Waals surface area contributed by atoms with Gasteiger partial charge >= 0.3 is 5.97 Å². The molecule has 111 valence electrons. The smallest absolute Gasteiger partial charge is 0.350 e. The zero-order valence-corrected chi connectivity index (χ0v) is 11.1. The standard InChI is InChI=1S/C12H5F5NO2S/c1-2-20-12(19)11-10(18-3-21-11)4-5(13)7(15)9(17)8(16)6(4)14/h2H2,1H3. The van der Waals surface area contributed by atoms with E-state index in [9.17, 15) is 26.7 Å². The molecule has 1 aromatic heterocycles. The second kappa shape index (κ2) is 5.76. The molecule has 0 amide bonds. The van der Waals surface area contributed by atoms with Crippen molar-refractivity contribution in [2.45, 2.75) is 6.92 Å². The molecule has 0 aliphatic heterocycles. The molecule has 0 aliphatic rings. The van der Waals surface area contributed by atoms with Gasteiger partial charge in [0.1, 0.15) is 10.6 Å². The second-order valence-electron chi connectivity index (χ2n) is 3.65. The molecule has 2 rings (SSSR count). The highest BCUT2D eigenvalue weighted by Crippen LogP contribution is 2.34. The normalized spacial score (nSPS) is 10.8. The van der Waals surface area contributed by atoms with E-state index >= 15 is 0 Å². The first-order valence-corrected chi connectivity index (χ1v) is 6.27. The van der Waals surface area contributed by atoms with Crippen LogP contribution in [0, 0.1) is 34.6 Å². The molecule has 3 nitrogen and oxygen atoms in total. The van der Waals surface area contributed by atoms with Gasteiger partial charge < -0.3 is 4.74 Å². The molecule has 0 aliphatic carbocycles. The van der Waals surface area contributed by atoms with Gasteiger partial charge in [-0.15, -0.1) is 11.3 Å². The summed E-state index contributed by atoms with van der Waals surface area (Å²) in [6, 6.07) is 0. The van der Waals surface area contributed by atoms with Crippen molar-refractivity contribution in [3.8, 4) is 11.3 Å². The number of thiazole rings is 1. The Balaban J connectivity index is 2.70. The van der Waals surface area contributed by atoms with E-state index < -0.39 is 51.2 Å². The number of carbonyl (C=O) groups is 1. The number of aromatic nitrogens is 1. The fourth-order valence-corrected chi connectivity index (χ4v) is 2.15. The van der Waals surface area contributed by atoms with E-state index in [1.165, 1.54) is 6.92 Å². The molecule has 1 heterocycles. The maximum Gasteiger partial charge on any atom is 0.350 e. The molecule has 0 bridgehead atoms. The van der Waals surface area contributed by atoms with Crippen LogP contribution in [0.5, 0.6) is 0 Å². The number of hydrogen-bond donors (Lipinski definition) is 0. The number of benzene rings is 1. The molecule has 0 spiro atoms. The summed E-state index contributed by atoms with van der Waals surface area (Å²) in [6.07, 6.45) is 0. The van der Waals surface area contributed by atoms with Crippen LogP contribution in [0.3, 0.4) is 0 Å². The van der Waals surface area contributed by atoms with Crippen LogP contribution in [0.25, 0.3) is 11.3 Å². The van der Waals surface area contributed by atoms with E-state index in [1.807, 2.05) is 0 Å². The van der Waals surface area contributed by atoms with Crippen molar-refractivity contribution < 1.29 is 31.5 Å². The number of carbonyl (C=O) groups excluding carboxylic acids is 1. The minimum atomic E-state index is -2.29. The summed E-state index contributed by atoms with van der Waals surface area (Å²) >= 11 is 0.543. The van der Waals surface area contributed by atoms with Crippen molar-refractivity contribution in [3.05, 3.63) is 39.5 Å². The van der Waals surface area contributed by atoms with Crippen LogP contribution < -0.4 is 0 Å². The first-order chi connectivity index (χ1) is 9.90. The number of nitrogens with zero attached hydrogens (tertiary/aromatic N) is 1. The highest BCUT2D eigenvalue weighted by molar-refractivity contribution is 7.11. The first kappa shape index (κ1) is 15.4. The molecule has 0 unspecified atom stereocenters. The van der Waals surface area contributed by atoms with Crippen LogP contribution in [-0.4, -0.2) is 17.6 Å². The molecule has 0 N–H and O–H groups in total. The topological polar surface area (TPSA) is 39.2 Å². The van der Waals surface area contributed by atoms with Crippen molar-refractivity contribution >= 4 is 17.3 Å². The summed E-state index contributed by atoms with van der Waals surface area (Å²) in [5, 5.41) is 0. The number of hydrogen-bond acceptors (Lipinski definition) is 4. The van der Waals surface area contributed by atoms with Gasteiger partial charge in [0.2, 0.25) is 5.82 Å². The molecular weight excluding hydrogens is 317 g/mol. The zero-order chi connectivity index (χ0) is 15.7. The number of halogens is 5. The van der Waals surface area contributed by atoms with Gasteiger partial charge in [0.05, 0.1) is 12.2 Å². The summed E-state index contributed by atoms with van der Waals surface area (Å²) < 4.78 is 71.3. The number of ether oxygens (including phenoxy) is 1. The van der Waals surface area contributed by atoms with Gasteiger partial charge in [-0.2, -0.15) is 0 Å². The Kier molecular flexibility index (Phi) is 4.21. The summed E-state index contributed by atoms with van der Waals surface area (Å²) in [6.45, 7) is 1.45. The maximum absolute atomic E-state index is 13.7. The van der Waals surface area contributed by atoms with Crippen LogP contribution in [0.1, 0.15) is 16.6 Å². The van der Waals surface area contributed by atoms with Gasteiger partial charge in [-0.3, -0.25) is 0 Å². The second-order valence-corrected chi connectivity index (χ2v) is 4.44. The van der Waals surface area contributed by atoms with E-state index in [1.54, 1.807) is 0 Å². The minimum Gasteiger partial charge on any atom is -0.462 e. The third-order valence-electron chi connectivity index (χ3n) is 2.43. The Hall–Kier alpha value is -2.03. The third kappa shape index (κ3) is 2.48. The van der Waals surface area contributed by atoms with Gasteiger partial charge in [0.15, 0.2) is 28.8 Å². The Morgan fingerprint density at radius 3 is 2.14 bits per heavy atom. The van der Waals surface area contributed by atoms with E-state index in [2.05, 4.69) is 15.2 Å². The highest BCUT2D eigenvalue weighted by Gasteiger charge is 2.30. The predicted molar refractivity (Wildman–Crippen MR) is 62.1 cm³/mol. The van der Waals surface area contributed by atoms with Crippen molar-refractivity contribution in [1.29, 1.82) is 0 Å². The van der Waals surface area contributed by atoms with Crippen LogP contribution in [0.2, 0.25) is 0 Å². The van der Waals surface area contributed by atoms with Gasteiger partial charge in [0.25, 0.3) is 0 Å². The number of rotatable bonds is 3. The lowest BCUT2D eigenvalue weighted by Gasteiger charge is -2.07. The molecule has 1 radical (unpaired) electrons. The monoisotopic (exact) mass is 322 g/mol. The molecular formula is C12H5F5NO2S. The van der Waals surface area contributed by atoms with Crippen LogP contribution in [0.4, 0.5) is 22.0 Å². The van der Waals surface area contributed by atoms with Gasteiger partial charge in [-0.25, -0.2) is 31.7 Å². The van der Waals surface area contributed by atoms with Crippen LogP contribution >= 0.6 is 11.3 Å². The van der Waals surface area contributed by atoms with E-state index in [-0.39, 0.29) is 6.61 Å². The Labute approximate surface area is 119 Å². The molecule has 9 heteroatoms. The Morgan fingerprint density at radius 2 is 1.62 bits per heavy atom. The van der Waals surface area contributed by atoms with Crippen LogP contribution in [-0.2, 0) is 4.74 Å². The molecule has 0 fully saturated rings. The summed E-state index contributed by atoms with van der Waals surface area (Å²) in [5.74, 6) is -11.7. The minimum absolute atomic E-state index is 0.0344. The number of esters is 1. The fourth-order valence-electron chi connectivity index (χ4n) is 1.53. The Morgan fingerprint density at radius 1 is 1.10 bits per heavy atom. The molecule has 0 saturated carbocycles.